The molecule has 6 nitrogen and oxygen atoms in total. The highest BCUT2D eigenvalue weighted by molar-refractivity contribution is 6.30. The molecule has 0 aliphatic carbocycles. The molecule has 1 amide bonds. The quantitative estimate of drug-likeness (QED) is 0.826. The van der Waals surface area contributed by atoms with E-state index >= 15 is 0 Å². The Morgan fingerprint density at radius 3 is 2.40 bits per heavy atom. The second-order valence-electron chi connectivity index (χ2n) is 3.84. The summed E-state index contributed by atoms with van der Waals surface area (Å²) in [6.45, 7) is 1.04. The van der Waals surface area contributed by atoms with Crippen molar-refractivity contribution in [3.05, 3.63) is 34.9 Å². The van der Waals surface area contributed by atoms with Crippen molar-refractivity contribution in [1.82, 2.24) is 5.32 Å². The van der Waals surface area contributed by atoms with E-state index in [4.69, 9.17) is 16.3 Å². The van der Waals surface area contributed by atoms with E-state index in [9.17, 15) is 14.4 Å². The summed E-state index contributed by atoms with van der Waals surface area (Å²) in [5.74, 6) is -1.84. The first kappa shape index (κ1) is 16.0. The van der Waals surface area contributed by atoms with Gasteiger partial charge in [0.05, 0.1) is 7.11 Å². The first-order valence-electron chi connectivity index (χ1n) is 5.75. The van der Waals surface area contributed by atoms with Crippen LogP contribution in [0, 0.1) is 0 Å². The Morgan fingerprint density at radius 1 is 1.25 bits per heavy atom. The van der Waals surface area contributed by atoms with E-state index in [0.717, 1.165) is 0 Å². The molecule has 0 saturated heterocycles. The summed E-state index contributed by atoms with van der Waals surface area (Å²) in [6, 6.07) is 6.18. The fourth-order valence-corrected chi connectivity index (χ4v) is 1.43. The van der Waals surface area contributed by atoms with Crippen LogP contribution in [0.3, 0.4) is 0 Å². The predicted molar refractivity (Wildman–Crippen MR) is 71.4 cm³/mol. The zero-order chi connectivity index (χ0) is 15.1. The number of esters is 2. The van der Waals surface area contributed by atoms with Gasteiger partial charge in [-0.2, -0.15) is 0 Å². The summed E-state index contributed by atoms with van der Waals surface area (Å²) in [5.41, 5.74) is 0.364. The molecule has 0 spiro atoms. The standard InChI is InChI=1S/C13H14ClNO5/c1-8(13(18)19-2)20-11(16)7-15-12(17)9-3-5-10(14)6-4-9/h3-6,8H,7H2,1-2H3,(H,15,17). The minimum atomic E-state index is -1.01. The molecule has 0 fully saturated rings. The van der Waals surface area contributed by atoms with E-state index in [-0.39, 0.29) is 6.54 Å². The SMILES string of the molecule is COC(=O)C(C)OC(=O)CNC(=O)c1ccc(Cl)cc1. The number of carbonyl (C=O) groups is 3. The molecule has 1 unspecified atom stereocenters. The normalized spacial score (nSPS) is 11.3. The third-order valence-electron chi connectivity index (χ3n) is 2.34. The first-order valence-corrected chi connectivity index (χ1v) is 6.13. The third kappa shape index (κ3) is 4.89. The highest BCUT2D eigenvalue weighted by Gasteiger charge is 2.18. The molecule has 0 saturated carbocycles. The second-order valence-corrected chi connectivity index (χ2v) is 4.28. The molecule has 1 atom stereocenters. The molecule has 0 heterocycles. The van der Waals surface area contributed by atoms with Gasteiger partial charge in [0.1, 0.15) is 6.54 Å². The van der Waals surface area contributed by atoms with Gasteiger partial charge in [-0.1, -0.05) is 11.6 Å². The summed E-state index contributed by atoms with van der Waals surface area (Å²) in [7, 11) is 1.19. The average Bonchev–Trinajstić information content (AvgIpc) is 2.44. The van der Waals surface area contributed by atoms with Crippen molar-refractivity contribution in [2.45, 2.75) is 13.0 Å². The van der Waals surface area contributed by atoms with E-state index in [1.54, 1.807) is 12.1 Å². The lowest BCUT2D eigenvalue weighted by Gasteiger charge is -2.11. The van der Waals surface area contributed by atoms with Gasteiger partial charge in [-0.25, -0.2) is 4.79 Å². The number of ether oxygens (including phenoxy) is 2. The molecule has 1 rings (SSSR count). The molecule has 0 aromatic heterocycles. The van der Waals surface area contributed by atoms with E-state index in [2.05, 4.69) is 10.1 Å². The number of hydrogen-bond donors (Lipinski definition) is 1. The van der Waals surface area contributed by atoms with Crippen molar-refractivity contribution >= 4 is 29.4 Å². The predicted octanol–water partition coefficient (Wildman–Crippen LogP) is 1.17. The molecule has 0 bridgehead atoms. The second kappa shape index (κ2) is 7.49. The van der Waals surface area contributed by atoms with Gasteiger partial charge in [-0.15, -0.1) is 0 Å². The first-order chi connectivity index (χ1) is 9.43. The van der Waals surface area contributed by atoms with Crippen molar-refractivity contribution in [2.75, 3.05) is 13.7 Å². The molecule has 1 N–H and O–H groups in total. The van der Waals surface area contributed by atoms with Gasteiger partial charge in [0.15, 0.2) is 6.10 Å². The number of halogens is 1. The van der Waals surface area contributed by atoms with Crippen molar-refractivity contribution in [3.8, 4) is 0 Å². The lowest BCUT2D eigenvalue weighted by atomic mass is 10.2. The van der Waals surface area contributed by atoms with E-state index in [1.807, 2.05) is 0 Å². The molecule has 0 radical (unpaired) electrons. The van der Waals surface area contributed by atoms with Crippen LogP contribution >= 0.6 is 11.6 Å². The smallest absolute Gasteiger partial charge is 0.346 e. The molecule has 20 heavy (non-hydrogen) atoms. The minimum absolute atomic E-state index is 0.344. The van der Waals surface area contributed by atoms with Crippen LogP contribution in [0.4, 0.5) is 0 Å². The molecular weight excluding hydrogens is 286 g/mol. The van der Waals surface area contributed by atoms with Gasteiger partial charge in [0.2, 0.25) is 0 Å². The molecular formula is C13H14ClNO5. The molecule has 0 aliphatic heterocycles. The number of benzene rings is 1. The van der Waals surface area contributed by atoms with Gasteiger partial charge in [0.25, 0.3) is 5.91 Å². The van der Waals surface area contributed by atoms with Crippen LogP contribution < -0.4 is 5.32 Å². The van der Waals surface area contributed by atoms with E-state index in [0.29, 0.717) is 10.6 Å². The number of hydrogen-bond acceptors (Lipinski definition) is 5. The van der Waals surface area contributed by atoms with E-state index in [1.165, 1.54) is 26.2 Å². The van der Waals surface area contributed by atoms with Crippen molar-refractivity contribution < 1.29 is 23.9 Å². The maximum atomic E-state index is 11.7. The Hall–Kier alpha value is -2.08. The number of methoxy groups -OCH3 is 1. The van der Waals surface area contributed by atoms with Gasteiger partial charge in [-0.05, 0) is 31.2 Å². The lowest BCUT2D eigenvalue weighted by Crippen LogP contribution is -2.34. The summed E-state index contributed by atoms with van der Waals surface area (Å²) in [4.78, 5) is 34.1. The Balaban J connectivity index is 2.43. The monoisotopic (exact) mass is 299 g/mol. The topological polar surface area (TPSA) is 81.7 Å². The minimum Gasteiger partial charge on any atom is -0.466 e. The molecule has 1 aromatic rings. The summed E-state index contributed by atoms with van der Waals surface area (Å²) < 4.78 is 9.16. The number of rotatable bonds is 5. The maximum Gasteiger partial charge on any atom is 0.346 e. The Labute approximate surface area is 121 Å². The van der Waals surface area contributed by atoms with Crippen LogP contribution in [0.5, 0.6) is 0 Å². The van der Waals surface area contributed by atoms with Crippen molar-refractivity contribution in [2.24, 2.45) is 0 Å². The van der Waals surface area contributed by atoms with Crippen LogP contribution in [0.1, 0.15) is 17.3 Å². The van der Waals surface area contributed by atoms with Gasteiger partial charge < -0.3 is 14.8 Å². The molecule has 0 aliphatic rings. The Morgan fingerprint density at radius 2 is 1.85 bits per heavy atom. The van der Waals surface area contributed by atoms with Crippen LogP contribution in [-0.2, 0) is 19.1 Å². The van der Waals surface area contributed by atoms with Crippen LogP contribution in [0.25, 0.3) is 0 Å². The zero-order valence-corrected chi connectivity index (χ0v) is 11.8. The molecule has 7 heteroatoms. The number of amides is 1. The zero-order valence-electron chi connectivity index (χ0n) is 11.0. The van der Waals surface area contributed by atoms with Gasteiger partial charge in [0, 0.05) is 10.6 Å². The summed E-state index contributed by atoms with van der Waals surface area (Å²) in [5, 5.41) is 2.88. The highest BCUT2D eigenvalue weighted by atomic mass is 35.5. The number of carbonyl (C=O) groups excluding carboxylic acids is 3. The highest BCUT2D eigenvalue weighted by Crippen LogP contribution is 2.09. The lowest BCUT2D eigenvalue weighted by molar-refractivity contribution is -0.163. The Kier molecular flexibility index (Phi) is 5.99. The van der Waals surface area contributed by atoms with Gasteiger partial charge in [-0.3, -0.25) is 9.59 Å². The third-order valence-corrected chi connectivity index (χ3v) is 2.59. The summed E-state index contributed by atoms with van der Waals surface area (Å²) >= 11 is 5.69. The fraction of sp³-hybridized carbons (Fsp3) is 0.308. The van der Waals surface area contributed by atoms with Crippen LogP contribution in [0.15, 0.2) is 24.3 Å². The van der Waals surface area contributed by atoms with Crippen molar-refractivity contribution in [1.29, 1.82) is 0 Å². The average molecular weight is 300 g/mol. The Bertz CT molecular complexity index is 500. The van der Waals surface area contributed by atoms with Crippen LogP contribution in [-0.4, -0.2) is 37.6 Å². The molecule has 108 valence electrons. The number of nitrogens with one attached hydrogen (secondary N) is 1. The molecule has 1 aromatic carbocycles. The summed E-state index contributed by atoms with van der Waals surface area (Å²) in [6.07, 6.45) is -1.01. The van der Waals surface area contributed by atoms with Crippen LogP contribution in [0.2, 0.25) is 5.02 Å². The fourth-order valence-electron chi connectivity index (χ4n) is 1.31. The van der Waals surface area contributed by atoms with Crippen molar-refractivity contribution in [3.63, 3.8) is 0 Å². The van der Waals surface area contributed by atoms with Gasteiger partial charge >= 0.3 is 11.9 Å². The van der Waals surface area contributed by atoms with E-state index < -0.39 is 23.9 Å². The maximum absolute atomic E-state index is 11.7. The largest absolute Gasteiger partial charge is 0.466 e.